The van der Waals surface area contributed by atoms with Crippen LogP contribution in [0.25, 0.3) is 0 Å². The minimum atomic E-state index is -0.931. The van der Waals surface area contributed by atoms with Gasteiger partial charge < -0.3 is 10.0 Å². The van der Waals surface area contributed by atoms with Crippen LogP contribution in [0.4, 0.5) is 4.79 Å². The molecule has 3 amide bonds. The summed E-state index contributed by atoms with van der Waals surface area (Å²) in [5.74, 6) is -1.33. The Labute approximate surface area is 119 Å². The zero-order valence-electron chi connectivity index (χ0n) is 12.3. The Bertz CT molecular complexity index is 373. The molecular weight excluding hydrogens is 260 g/mol. The quantitative estimate of drug-likeness (QED) is 0.808. The molecule has 114 valence electrons. The van der Waals surface area contributed by atoms with E-state index in [0.29, 0.717) is 18.5 Å². The number of likely N-dealkylation sites (tertiary alicyclic amines) is 1. The number of nitrogens with zero attached hydrogens (tertiary/aromatic N) is 1. The fraction of sp³-hybridized carbons (Fsp3) is 0.786. The maximum absolute atomic E-state index is 11.9. The van der Waals surface area contributed by atoms with Crippen LogP contribution in [0.15, 0.2) is 0 Å². The summed E-state index contributed by atoms with van der Waals surface area (Å²) in [6.07, 6.45) is 3.26. The molecule has 0 unspecified atom stereocenters. The second-order valence-electron chi connectivity index (χ2n) is 5.75. The summed E-state index contributed by atoms with van der Waals surface area (Å²) < 4.78 is 0. The molecule has 0 saturated carbocycles. The lowest BCUT2D eigenvalue weighted by atomic mass is 9.78. The molecule has 0 radical (unpaired) electrons. The van der Waals surface area contributed by atoms with Crippen molar-refractivity contribution in [3.8, 4) is 0 Å². The molecule has 0 aliphatic carbocycles. The fourth-order valence-corrected chi connectivity index (χ4v) is 2.26. The first-order valence-corrected chi connectivity index (χ1v) is 7.17. The van der Waals surface area contributed by atoms with Crippen LogP contribution in [0.1, 0.15) is 52.4 Å². The van der Waals surface area contributed by atoms with E-state index < -0.39 is 11.9 Å². The number of carbonyl (C=O) groups excluding carboxylic acids is 2. The minimum absolute atomic E-state index is 0.0554. The SMILES string of the molecule is CCC1(C)CCN(C(=O)NC(=O)CCCC(=O)O)CC1. The Kier molecular flexibility index (Phi) is 5.98. The van der Waals surface area contributed by atoms with E-state index in [2.05, 4.69) is 19.2 Å². The van der Waals surface area contributed by atoms with Crippen LogP contribution in [0.3, 0.4) is 0 Å². The molecule has 20 heavy (non-hydrogen) atoms. The highest BCUT2D eigenvalue weighted by molar-refractivity contribution is 5.94. The third kappa shape index (κ3) is 5.19. The second kappa shape index (κ2) is 7.26. The van der Waals surface area contributed by atoms with E-state index in [4.69, 9.17) is 5.11 Å². The van der Waals surface area contributed by atoms with Gasteiger partial charge in [-0.15, -0.1) is 0 Å². The topological polar surface area (TPSA) is 86.7 Å². The van der Waals surface area contributed by atoms with Crippen molar-refractivity contribution in [3.05, 3.63) is 0 Å². The molecule has 1 aliphatic rings. The Morgan fingerprint density at radius 2 is 1.80 bits per heavy atom. The average molecular weight is 284 g/mol. The number of aliphatic carboxylic acids is 1. The van der Waals surface area contributed by atoms with Crippen LogP contribution >= 0.6 is 0 Å². The summed E-state index contributed by atoms with van der Waals surface area (Å²) >= 11 is 0. The first-order valence-electron chi connectivity index (χ1n) is 7.17. The monoisotopic (exact) mass is 284 g/mol. The summed E-state index contributed by atoms with van der Waals surface area (Å²) in [6, 6.07) is -0.358. The van der Waals surface area contributed by atoms with Crippen LogP contribution in [-0.2, 0) is 9.59 Å². The van der Waals surface area contributed by atoms with E-state index in [-0.39, 0.29) is 25.3 Å². The minimum Gasteiger partial charge on any atom is -0.481 e. The summed E-state index contributed by atoms with van der Waals surface area (Å²) in [5, 5.41) is 10.8. The molecule has 0 spiro atoms. The molecule has 1 rings (SSSR count). The number of piperidine rings is 1. The van der Waals surface area contributed by atoms with Crippen molar-refractivity contribution in [3.63, 3.8) is 0 Å². The van der Waals surface area contributed by atoms with Gasteiger partial charge in [-0.2, -0.15) is 0 Å². The van der Waals surface area contributed by atoms with E-state index in [1.165, 1.54) is 0 Å². The van der Waals surface area contributed by atoms with Gasteiger partial charge in [0.15, 0.2) is 0 Å². The van der Waals surface area contributed by atoms with Gasteiger partial charge in [-0.05, 0) is 24.7 Å². The molecule has 6 nitrogen and oxygen atoms in total. The predicted octanol–water partition coefficient (Wildman–Crippen LogP) is 1.99. The molecular formula is C14H24N2O4. The molecule has 0 aromatic carbocycles. The van der Waals surface area contributed by atoms with E-state index in [9.17, 15) is 14.4 Å². The molecule has 0 atom stereocenters. The number of nitrogens with one attached hydrogen (secondary N) is 1. The first kappa shape index (κ1) is 16.5. The van der Waals surface area contributed by atoms with Crippen LogP contribution < -0.4 is 5.32 Å². The highest BCUT2D eigenvalue weighted by atomic mass is 16.4. The van der Waals surface area contributed by atoms with Gasteiger partial charge in [-0.25, -0.2) is 4.79 Å². The fourth-order valence-electron chi connectivity index (χ4n) is 2.26. The van der Waals surface area contributed by atoms with Crippen molar-refractivity contribution in [2.45, 2.75) is 52.4 Å². The average Bonchev–Trinajstić information content (AvgIpc) is 2.39. The second-order valence-corrected chi connectivity index (χ2v) is 5.75. The van der Waals surface area contributed by atoms with E-state index >= 15 is 0 Å². The van der Waals surface area contributed by atoms with Gasteiger partial charge >= 0.3 is 12.0 Å². The van der Waals surface area contributed by atoms with Gasteiger partial charge in [-0.1, -0.05) is 20.3 Å². The van der Waals surface area contributed by atoms with Gasteiger partial charge in [0.05, 0.1) is 0 Å². The predicted molar refractivity (Wildman–Crippen MR) is 74.2 cm³/mol. The number of rotatable bonds is 5. The maximum Gasteiger partial charge on any atom is 0.324 e. The van der Waals surface area contributed by atoms with Crippen LogP contribution in [0.2, 0.25) is 0 Å². The number of urea groups is 1. The lowest BCUT2D eigenvalue weighted by molar-refractivity contribution is -0.137. The molecule has 1 heterocycles. The van der Waals surface area contributed by atoms with E-state index in [1.54, 1.807) is 4.90 Å². The van der Waals surface area contributed by atoms with Crippen molar-refractivity contribution in [2.75, 3.05) is 13.1 Å². The van der Waals surface area contributed by atoms with Crippen molar-refractivity contribution in [2.24, 2.45) is 5.41 Å². The lowest BCUT2D eigenvalue weighted by Gasteiger charge is -2.38. The Balaban J connectivity index is 2.29. The number of imide groups is 1. The normalized spacial score (nSPS) is 17.6. The van der Waals surface area contributed by atoms with Crippen LogP contribution in [0.5, 0.6) is 0 Å². The Morgan fingerprint density at radius 3 is 2.30 bits per heavy atom. The summed E-state index contributed by atoms with van der Waals surface area (Å²) in [6.45, 7) is 5.71. The highest BCUT2D eigenvalue weighted by Gasteiger charge is 2.30. The van der Waals surface area contributed by atoms with Crippen LogP contribution in [-0.4, -0.2) is 41.0 Å². The molecule has 0 bridgehead atoms. The van der Waals surface area contributed by atoms with Gasteiger partial charge in [-0.3, -0.25) is 14.9 Å². The van der Waals surface area contributed by atoms with Crippen LogP contribution in [0, 0.1) is 5.41 Å². The highest BCUT2D eigenvalue weighted by Crippen LogP contribution is 2.33. The van der Waals surface area contributed by atoms with Gasteiger partial charge in [0.2, 0.25) is 5.91 Å². The van der Waals surface area contributed by atoms with Gasteiger partial charge in [0.25, 0.3) is 0 Å². The van der Waals surface area contributed by atoms with Gasteiger partial charge in [0.1, 0.15) is 0 Å². The molecule has 1 saturated heterocycles. The van der Waals surface area contributed by atoms with Crippen molar-refractivity contribution in [1.29, 1.82) is 0 Å². The summed E-state index contributed by atoms with van der Waals surface area (Å²) in [4.78, 5) is 35.4. The zero-order valence-corrected chi connectivity index (χ0v) is 12.3. The number of amides is 3. The smallest absolute Gasteiger partial charge is 0.324 e. The summed E-state index contributed by atoms with van der Waals surface area (Å²) in [7, 11) is 0. The largest absolute Gasteiger partial charge is 0.481 e. The number of hydrogen-bond acceptors (Lipinski definition) is 3. The van der Waals surface area contributed by atoms with E-state index in [1.807, 2.05) is 0 Å². The lowest BCUT2D eigenvalue weighted by Crippen LogP contribution is -2.48. The number of carboxylic acid groups (broad SMARTS) is 1. The standard InChI is InChI=1S/C14H24N2O4/c1-3-14(2)7-9-16(10-8-14)13(20)15-11(17)5-4-6-12(18)19/h3-10H2,1-2H3,(H,18,19)(H,15,17,20). The molecule has 1 aliphatic heterocycles. The maximum atomic E-state index is 11.9. The Morgan fingerprint density at radius 1 is 1.20 bits per heavy atom. The molecule has 2 N–H and O–H groups in total. The Hall–Kier alpha value is -1.59. The molecule has 0 aromatic rings. The molecule has 6 heteroatoms. The van der Waals surface area contributed by atoms with E-state index in [0.717, 1.165) is 19.3 Å². The number of hydrogen-bond donors (Lipinski definition) is 2. The molecule has 1 fully saturated rings. The first-order chi connectivity index (χ1) is 9.36. The zero-order chi connectivity index (χ0) is 15.2. The molecule has 0 aromatic heterocycles. The third-order valence-corrected chi connectivity index (χ3v) is 4.15. The number of carbonyl (C=O) groups is 3. The third-order valence-electron chi connectivity index (χ3n) is 4.15. The number of carboxylic acids is 1. The summed E-state index contributed by atoms with van der Waals surface area (Å²) in [5.41, 5.74) is 0.294. The van der Waals surface area contributed by atoms with Crippen molar-refractivity contribution < 1.29 is 19.5 Å². The van der Waals surface area contributed by atoms with Crippen molar-refractivity contribution >= 4 is 17.9 Å². The van der Waals surface area contributed by atoms with Gasteiger partial charge in [0, 0.05) is 25.9 Å². The van der Waals surface area contributed by atoms with Crippen molar-refractivity contribution in [1.82, 2.24) is 10.2 Å².